The van der Waals surface area contributed by atoms with Crippen molar-refractivity contribution in [1.82, 2.24) is 24.9 Å². The fourth-order valence-electron chi connectivity index (χ4n) is 3.22. The molecule has 0 aliphatic carbocycles. The largest absolute Gasteiger partial charge is 0.357 e. The second kappa shape index (κ2) is 9.27. The lowest BCUT2D eigenvalue weighted by molar-refractivity contribution is -0.120. The highest BCUT2D eigenvalue weighted by atomic mass is 32.2. The Bertz CT molecular complexity index is 626. The Labute approximate surface area is 159 Å². The molecule has 0 spiro atoms. The van der Waals surface area contributed by atoms with Crippen LogP contribution in [-0.4, -0.2) is 95.3 Å². The maximum Gasteiger partial charge on any atom is 0.246 e. The van der Waals surface area contributed by atoms with Crippen molar-refractivity contribution >= 4 is 29.3 Å². The molecule has 2 aliphatic rings. The van der Waals surface area contributed by atoms with Crippen LogP contribution in [0.4, 0.5) is 5.69 Å². The molecule has 0 bridgehead atoms. The maximum atomic E-state index is 12.6. The summed E-state index contributed by atoms with van der Waals surface area (Å²) in [6.45, 7) is 8.69. The molecule has 26 heavy (non-hydrogen) atoms. The number of piperazine rings is 1. The quantitative estimate of drug-likeness (QED) is 0.577. The number of anilines is 1. The van der Waals surface area contributed by atoms with E-state index in [1.807, 2.05) is 25.0 Å². The number of aromatic nitrogens is 2. The Morgan fingerprint density at radius 3 is 2.77 bits per heavy atom. The van der Waals surface area contributed by atoms with Crippen LogP contribution in [0, 0.1) is 0 Å². The molecule has 1 amide bonds. The number of carbonyl (C=O) groups excluding carboxylic acids is 1. The van der Waals surface area contributed by atoms with Gasteiger partial charge in [-0.3, -0.25) is 19.4 Å². The van der Waals surface area contributed by atoms with Gasteiger partial charge in [0.2, 0.25) is 5.91 Å². The Hall–Kier alpha value is -1.74. The van der Waals surface area contributed by atoms with Crippen molar-refractivity contribution in [3.05, 3.63) is 12.4 Å². The van der Waals surface area contributed by atoms with E-state index in [0.717, 1.165) is 50.9 Å². The molecule has 0 atom stereocenters. The fourth-order valence-corrected chi connectivity index (χ4v) is 4.20. The molecule has 1 aromatic heterocycles. The van der Waals surface area contributed by atoms with Crippen molar-refractivity contribution in [2.24, 2.45) is 12.0 Å². The van der Waals surface area contributed by atoms with Crippen molar-refractivity contribution in [2.45, 2.75) is 6.92 Å². The van der Waals surface area contributed by atoms with Crippen LogP contribution in [-0.2, 0) is 11.8 Å². The van der Waals surface area contributed by atoms with Gasteiger partial charge >= 0.3 is 0 Å². The van der Waals surface area contributed by atoms with Crippen LogP contribution < -0.4 is 10.2 Å². The minimum atomic E-state index is 0.0860. The number of carbonyl (C=O) groups is 1. The number of rotatable bonds is 5. The normalized spacial score (nSPS) is 19.9. The van der Waals surface area contributed by atoms with Crippen molar-refractivity contribution in [1.29, 1.82) is 0 Å². The van der Waals surface area contributed by atoms with E-state index in [2.05, 4.69) is 27.1 Å². The van der Waals surface area contributed by atoms with Gasteiger partial charge in [-0.25, -0.2) is 0 Å². The summed E-state index contributed by atoms with van der Waals surface area (Å²) in [4.78, 5) is 23.7. The van der Waals surface area contributed by atoms with E-state index in [9.17, 15) is 4.79 Å². The van der Waals surface area contributed by atoms with Gasteiger partial charge in [0.25, 0.3) is 0 Å². The third-order valence-corrected chi connectivity index (χ3v) is 5.58. The highest BCUT2D eigenvalue weighted by molar-refractivity contribution is 7.99. The lowest BCUT2D eigenvalue weighted by atomic mass is 10.3. The van der Waals surface area contributed by atoms with Crippen LogP contribution in [0.15, 0.2) is 17.4 Å². The number of amides is 1. The molecule has 1 aromatic rings. The average Bonchev–Trinajstić information content (AvgIpc) is 3.08. The summed E-state index contributed by atoms with van der Waals surface area (Å²) in [6.07, 6.45) is 3.62. The minimum Gasteiger partial charge on any atom is -0.357 e. The van der Waals surface area contributed by atoms with Gasteiger partial charge < -0.3 is 15.1 Å². The van der Waals surface area contributed by atoms with E-state index >= 15 is 0 Å². The number of nitrogens with zero attached hydrogens (tertiary/aromatic N) is 6. The number of hydrogen-bond acceptors (Lipinski definition) is 5. The Morgan fingerprint density at radius 2 is 2.12 bits per heavy atom. The first-order valence-electron chi connectivity index (χ1n) is 9.29. The summed E-state index contributed by atoms with van der Waals surface area (Å²) in [7, 11) is 1.86. The van der Waals surface area contributed by atoms with Gasteiger partial charge in [-0.05, 0) is 6.92 Å². The van der Waals surface area contributed by atoms with Crippen LogP contribution in [0.25, 0.3) is 0 Å². The Morgan fingerprint density at radius 1 is 1.31 bits per heavy atom. The number of aryl methyl sites for hydroxylation is 1. The van der Waals surface area contributed by atoms with Gasteiger partial charge in [0.1, 0.15) is 6.54 Å². The zero-order valence-corrected chi connectivity index (χ0v) is 16.5. The molecular formula is C17H29N7OS. The Kier molecular flexibility index (Phi) is 6.79. The fraction of sp³-hybridized carbons (Fsp3) is 0.706. The minimum absolute atomic E-state index is 0.0860. The zero-order valence-electron chi connectivity index (χ0n) is 15.7. The molecule has 0 aromatic carbocycles. The molecule has 0 saturated carbocycles. The van der Waals surface area contributed by atoms with E-state index < -0.39 is 0 Å². The van der Waals surface area contributed by atoms with Crippen molar-refractivity contribution in [2.75, 3.05) is 68.8 Å². The van der Waals surface area contributed by atoms with Gasteiger partial charge in [-0.1, -0.05) is 0 Å². The highest BCUT2D eigenvalue weighted by Gasteiger charge is 2.27. The van der Waals surface area contributed by atoms with Gasteiger partial charge in [0.05, 0.1) is 18.4 Å². The molecule has 0 radical (unpaired) electrons. The molecular weight excluding hydrogens is 350 g/mol. The van der Waals surface area contributed by atoms with E-state index in [0.29, 0.717) is 13.1 Å². The second-order valence-corrected chi connectivity index (χ2v) is 7.75. The zero-order chi connectivity index (χ0) is 18.4. The standard InChI is InChI=1S/C17H29N7OS/c1-3-18-17(19-4-5-22-8-10-26-11-9-22)23-6-7-24(16(25)14-23)15-12-20-21(2)13-15/h12-13H,3-11,14H2,1-2H3,(H,18,19). The molecule has 9 heteroatoms. The molecule has 2 aliphatic heterocycles. The van der Waals surface area contributed by atoms with E-state index in [1.54, 1.807) is 15.8 Å². The van der Waals surface area contributed by atoms with Crippen molar-refractivity contribution in [3.63, 3.8) is 0 Å². The van der Waals surface area contributed by atoms with E-state index in [1.165, 1.54) is 11.5 Å². The van der Waals surface area contributed by atoms with E-state index in [4.69, 9.17) is 4.99 Å². The molecule has 0 unspecified atom stereocenters. The van der Waals surface area contributed by atoms with Gasteiger partial charge in [-0.15, -0.1) is 0 Å². The molecule has 3 heterocycles. The van der Waals surface area contributed by atoms with Crippen LogP contribution in [0.2, 0.25) is 0 Å². The summed E-state index contributed by atoms with van der Waals surface area (Å²) in [5.41, 5.74) is 0.863. The third-order valence-electron chi connectivity index (χ3n) is 4.64. The number of nitrogens with one attached hydrogen (secondary N) is 1. The van der Waals surface area contributed by atoms with Gasteiger partial charge in [0.15, 0.2) is 5.96 Å². The van der Waals surface area contributed by atoms with Crippen molar-refractivity contribution < 1.29 is 4.79 Å². The number of thioether (sulfide) groups is 1. The summed E-state index contributed by atoms with van der Waals surface area (Å²) in [5, 5.41) is 7.50. The molecule has 3 rings (SSSR count). The molecule has 8 nitrogen and oxygen atoms in total. The van der Waals surface area contributed by atoms with Crippen LogP contribution in [0.5, 0.6) is 0 Å². The predicted octanol–water partition coefficient (Wildman–Crippen LogP) is 0.0830. The van der Waals surface area contributed by atoms with E-state index in [-0.39, 0.29) is 5.91 Å². The molecule has 144 valence electrons. The first-order valence-corrected chi connectivity index (χ1v) is 10.4. The number of hydrogen-bond donors (Lipinski definition) is 1. The summed E-state index contributed by atoms with van der Waals surface area (Å²) in [6, 6.07) is 0. The Balaban J connectivity index is 1.56. The number of guanidine groups is 1. The van der Waals surface area contributed by atoms with Crippen molar-refractivity contribution in [3.8, 4) is 0 Å². The van der Waals surface area contributed by atoms with Gasteiger partial charge in [-0.2, -0.15) is 16.9 Å². The summed E-state index contributed by atoms with van der Waals surface area (Å²) < 4.78 is 1.72. The third kappa shape index (κ3) is 4.91. The lowest BCUT2D eigenvalue weighted by Crippen LogP contribution is -2.55. The number of aliphatic imine (C=N–C) groups is 1. The smallest absolute Gasteiger partial charge is 0.246 e. The van der Waals surface area contributed by atoms with Crippen LogP contribution >= 0.6 is 11.8 Å². The van der Waals surface area contributed by atoms with Crippen LogP contribution in [0.3, 0.4) is 0 Å². The SMILES string of the molecule is CCNC(=NCCN1CCSCC1)N1CCN(c2cnn(C)c2)C(=O)C1. The highest BCUT2D eigenvalue weighted by Crippen LogP contribution is 2.16. The summed E-state index contributed by atoms with van der Waals surface area (Å²) >= 11 is 2.02. The molecule has 2 fully saturated rings. The van der Waals surface area contributed by atoms with Crippen LogP contribution in [0.1, 0.15) is 6.92 Å². The second-order valence-electron chi connectivity index (χ2n) is 6.53. The molecule has 1 N–H and O–H groups in total. The first kappa shape index (κ1) is 19.0. The molecule has 2 saturated heterocycles. The first-order chi connectivity index (χ1) is 12.7. The topological polar surface area (TPSA) is 69.0 Å². The average molecular weight is 380 g/mol. The van der Waals surface area contributed by atoms with Gasteiger partial charge in [0, 0.05) is 64.0 Å². The maximum absolute atomic E-state index is 12.6. The monoisotopic (exact) mass is 379 g/mol. The predicted molar refractivity (Wildman–Crippen MR) is 107 cm³/mol. The summed E-state index contributed by atoms with van der Waals surface area (Å²) in [5.74, 6) is 3.37. The lowest BCUT2D eigenvalue weighted by Gasteiger charge is -2.35.